The highest BCUT2D eigenvalue weighted by Gasteiger charge is 1.90. The molecule has 80 valence electrons. The standard InChI is InChI=1S/C12H26N/c1-2-3-4-5-6-7-8-9-10-11-12-13/h13H,2-12H2,1H3/q-1. The summed E-state index contributed by atoms with van der Waals surface area (Å²) < 4.78 is 0. The lowest BCUT2D eigenvalue weighted by molar-refractivity contribution is 0.561. The summed E-state index contributed by atoms with van der Waals surface area (Å²) in [7, 11) is 0. The summed E-state index contributed by atoms with van der Waals surface area (Å²) in [6.45, 7) is 2.89. The summed E-state index contributed by atoms with van der Waals surface area (Å²) in [6, 6.07) is 0. The fraction of sp³-hybridized carbons (Fsp3) is 1.00. The van der Waals surface area contributed by atoms with Crippen LogP contribution in [-0.4, -0.2) is 6.54 Å². The zero-order chi connectivity index (χ0) is 9.78. The molecule has 0 spiro atoms. The van der Waals surface area contributed by atoms with Crippen LogP contribution in [0.2, 0.25) is 0 Å². The van der Waals surface area contributed by atoms with E-state index < -0.39 is 0 Å². The largest absolute Gasteiger partial charge is 0.677 e. The van der Waals surface area contributed by atoms with Gasteiger partial charge in [-0.3, -0.25) is 0 Å². The minimum Gasteiger partial charge on any atom is -0.677 e. The lowest BCUT2D eigenvalue weighted by Gasteiger charge is -2.02. The lowest BCUT2D eigenvalue weighted by atomic mass is 10.1. The predicted octanol–water partition coefficient (Wildman–Crippen LogP) is 4.96. The van der Waals surface area contributed by atoms with Gasteiger partial charge in [0.05, 0.1) is 0 Å². The molecule has 0 saturated heterocycles. The molecule has 0 amide bonds. The van der Waals surface area contributed by atoms with Crippen molar-refractivity contribution < 1.29 is 0 Å². The van der Waals surface area contributed by atoms with Crippen molar-refractivity contribution >= 4 is 0 Å². The minimum atomic E-state index is 0.622. The van der Waals surface area contributed by atoms with Crippen molar-refractivity contribution in [1.29, 1.82) is 0 Å². The van der Waals surface area contributed by atoms with E-state index >= 15 is 0 Å². The molecule has 1 nitrogen and oxygen atoms in total. The van der Waals surface area contributed by atoms with Gasteiger partial charge in [0.25, 0.3) is 0 Å². The van der Waals surface area contributed by atoms with Gasteiger partial charge in [-0.25, -0.2) is 0 Å². The molecule has 0 unspecified atom stereocenters. The molecule has 0 fully saturated rings. The van der Waals surface area contributed by atoms with Gasteiger partial charge in [-0.2, -0.15) is 6.54 Å². The highest BCUT2D eigenvalue weighted by Crippen LogP contribution is 2.10. The Morgan fingerprint density at radius 2 is 1.00 bits per heavy atom. The molecular formula is C12H26N-. The van der Waals surface area contributed by atoms with Gasteiger partial charge in [0.2, 0.25) is 0 Å². The lowest BCUT2D eigenvalue weighted by Crippen LogP contribution is -1.82. The molecule has 0 rings (SSSR count). The smallest absolute Gasteiger partial charge is 0.0533 e. The van der Waals surface area contributed by atoms with Crippen molar-refractivity contribution in [3.05, 3.63) is 5.73 Å². The Balaban J connectivity index is 2.76. The van der Waals surface area contributed by atoms with Crippen LogP contribution in [0.5, 0.6) is 0 Å². The van der Waals surface area contributed by atoms with Crippen LogP contribution in [0.4, 0.5) is 0 Å². The maximum atomic E-state index is 7.00. The molecule has 0 aliphatic heterocycles. The van der Waals surface area contributed by atoms with E-state index in [9.17, 15) is 0 Å². The van der Waals surface area contributed by atoms with Crippen LogP contribution in [-0.2, 0) is 0 Å². The molecular weight excluding hydrogens is 158 g/mol. The van der Waals surface area contributed by atoms with Crippen LogP contribution in [0.1, 0.15) is 71.1 Å². The van der Waals surface area contributed by atoms with Gasteiger partial charge >= 0.3 is 0 Å². The molecule has 1 heteroatoms. The Hall–Kier alpha value is -0.0400. The van der Waals surface area contributed by atoms with Crippen molar-refractivity contribution in [3.8, 4) is 0 Å². The van der Waals surface area contributed by atoms with Crippen LogP contribution >= 0.6 is 0 Å². The monoisotopic (exact) mass is 184 g/mol. The average Bonchev–Trinajstić information content (AvgIpc) is 2.16. The fourth-order valence-corrected chi connectivity index (χ4v) is 1.61. The number of hydrogen-bond donors (Lipinski definition) is 0. The maximum absolute atomic E-state index is 7.00. The Bertz CT molecular complexity index is 71.2. The first-order valence-corrected chi connectivity index (χ1v) is 6.06. The second-order valence-electron chi connectivity index (χ2n) is 3.93. The second-order valence-corrected chi connectivity index (χ2v) is 3.93. The molecule has 0 radical (unpaired) electrons. The maximum Gasteiger partial charge on any atom is -0.0533 e. The van der Waals surface area contributed by atoms with Crippen LogP contribution in [0.3, 0.4) is 0 Å². The van der Waals surface area contributed by atoms with E-state index in [1.807, 2.05) is 0 Å². The van der Waals surface area contributed by atoms with Gasteiger partial charge in [0.15, 0.2) is 0 Å². The summed E-state index contributed by atoms with van der Waals surface area (Å²) in [5, 5.41) is 0. The Labute approximate surface area is 84.1 Å². The summed E-state index contributed by atoms with van der Waals surface area (Å²) >= 11 is 0. The highest BCUT2D eigenvalue weighted by molar-refractivity contribution is 4.52. The number of hydrogen-bond acceptors (Lipinski definition) is 0. The summed E-state index contributed by atoms with van der Waals surface area (Å²) in [5.41, 5.74) is 7.00. The number of unbranched alkanes of at least 4 members (excludes halogenated alkanes) is 9. The quantitative estimate of drug-likeness (QED) is 0.428. The normalized spacial score (nSPS) is 10.6. The average molecular weight is 184 g/mol. The third kappa shape index (κ3) is 12.0. The van der Waals surface area contributed by atoms with Gasteiger partial charge in [0.1, 0.15) is 0 Å². The topological polar surface area (TPSA) is 23.8 Å². The Morgan fingerprint density at radius 1 is 0.615 bits per heavy atom. The summed E-state index contributed by atoms with van der Waals surface area (Å²) in [5.74, 6) is 0. The molecule has 0 aromatic heterocycles. The fourth-order valence-electron chi connectivity index (χ4n) is 1.61. The third-order valence-corrected chi connectivity index (χ3v) is 2.53. The van der Waals surface area contributed by atoms with Gasteiger partial charge in [-0.1, -0.05) is 71.1 Å². The Kier molecular flexibility index (Phi) is 11.9. The van der Waals surface area contributed by atoms with Gasteiger partial charge in [-0.15, -0.1) is 0 Å². The summed E-state index contributed by atoms with van der Waals surface area (Å²) in [4.78, 5) is 0. The van der Waals surface area contributed by atoms with Gasteiger partial charge in [-0.05, 0) is 0 Å². The van der Waals surface area contributed by atoms with E-state index in [0.29, 0.717) is 6.54 Å². The summed E-state index contributed by atoms with van der Waals surface area (Å²) in [6.07, 6.45) is 13.6. The first-order chi connectivity index (χ1) is 6.41. The van der Waals surface area contributed by atoms with Crippen LogP contribution in [0, 0.1) is 0 Å². The van der Waals surface area contributed by atoms with E-state index in [1.165, 1.54) is 57.8 Å². The van der Waals surface area contributed by atoms with Crippen LogP contribution in [0.25, 0.3) is 5.73 Å². The Morgan fingerprint density at radius 3 is 1.38 bits per heavy atom. The number of nitrogens with one attached hydrogen (secondary N) is 1. The van der Waals surface area contributed by atoms with Crippen LogP contribution in [0.15, 0.2) is 0 Å². The first kappa shape index (κ1) is 13.0. The van der Waals surface area contributed by atoms with Gasteiger partial charge < -0.3 is 5.73 Å². The van der Waals surface area contributed by atoms with E-state index in [1.54, 1.807) is 0 Å². The van der Waals surface area contributed by atoms with Crippen molar-refractivity contribution in [2.45, 2.75) is 71.1 Å². The number of rotatable bonds is 10. The SMILES string of the molecule is CCCCCCCCCCCC[NH-]. The molecule has 0 aliphatic carbocycles. The van der Waals surface area contributed by atoms with Crippen molar-refractivity contribution in [3.63, 3.8) is 0 Å². The van der Waals surface area contributed by atoms with Crippen molar-refractivity contribution in [2.75, 3.05) is 6.54 Å². The molecule has 1 N–H and O–H groups in total. The van der Waals surface area contributed by atoms with E-state index in [4.69, 9.17) is 5.73 Å². The van der Waals surface area contributed by atoms with E-state index in [2.05, 4.69) is 6.92 Å². The second kappa shape index (κ2) is 12.0. The zero-order valence-corrected chi connectivity index (χ0v) is 9.28. The molecule has 0 aromatic carbocycles. The molecule has 0 saturated carbocycles. The predicted molar refractivity (Wildman–Crippen MR) is 61.0 cm³/mol. The first-order valence-electron chi connectivity index (χ1n) is 6.06. The molecule has 0 aliphatic rings. The zero-order valence-electron chi connectivity index (χ0n) is 9.28. The van der Waals surface area contributed by atoms with E-state index in [0.717, 1.165) is 6.42 Å². The minimum absolute atomic E-state index is 0.622. The molecule has 0 bridgehead atoms. The third-order valence-electron chi connectivity index (χ3n) is 2.53. The molecule has 0 atom stereocenters. The molecule has 13 heavy (non-hydrogen) atoms. The van der Waals surface area contributed by atoms with Crippen molar-refractivity contribution in [2.24, 2.45) is 0 Å². The van der Waals surface area contributed by atoms with Gasteiger partial charge in [0, 0.05) is 0 Å². The molecule has 0 aromatic rings. The van der Waals surface area contributed by atoms with Crippen molar-refractivity contribution in [1.82, 2.24) is 0 Å². The van der Waals surface area contributed by atoms with Crippen LogP contribution < -0.4 is 0 Å². The highest BCUT2D eigenvalue weighted by atomic mass is 14.5. The van der Waals surface area contributed by atoms with E-state index in [-0.39, 0.29) is 0 Å². The molecule has 0 heterocycles.